The third-order valence-corrected chi connectivity index (χ3v) is 3.20. The Morgan fingerprint density at radius 2 is 2.05 bits per heavy atom. The second-order valence-electron chi connectivity index (χ2n) is 4.82. The summed E-state index contributed by atoms with van der Waals surface area (Å²) in [6.07, 6.45) is 4.00. The summed E-state index contributed by atoms with van der Waals surface area (Å²) in [5, 5.41) is 4.99. The van der Waals surface area contributed by atoms with E-state index < -0.39 is 12.1 Å². The number of urea groups is 1. The molecule has 1 saturated heterocycles. The molecule has 7 nitrogen and oxygen atoms in total. The zero-order valence-electron chi connectivity index (χ0n) is 11.4. The topological polar surface area (TPSA) is 100 Å². The van der Waals surface area contributed by atoms with E-state index in [-0.39, 0.29) is 5.91 Å². The molecule has 0 saturated carbocycles. The number of primary amides is 1. The van der Waals surface area contributed by atoms with Crippen LogP contribution in [0.2, 0.25) is 0 Å². The molecule has 108 valence electrons. The van der Waals surface area contributed by atoms with Crippen LogP contribution in [-0.2, 0) is 4.79 Å². The van der Waals surface area contributed by atoms with E-state index in [1.165, 1.54) is 12.8 Å². The summed E-state index contributed by atoms with van der Waals surface area (Å²) in [7, 11) is 0. The normalized spacial score (nSPS) is 15.8. The van der Waals surface area contributed by atoms with Crippen molar-refractivity contribution in [3.05, 3.63) is 18.3 Å². The van der Waals surface area contributed by atoms with E-state index >= 15 is 0 Å². The summed E-state index contributed by atoms with van der Waals surface area (Å²) in [6.45, 7) is 3.61. The van der Waals surface area contributed by atoms with Crippen molar-refractivity contribution < 1.29 is 9.59 Å². The van der Waals surface area contributed by atoms with Crippen LogP contribution < -0.4 is 21.3 Å². The van der Waals surface area contributed by atoms with E-state index in [9.17, 15) is 9.59 Å². The lowest BCUT2D eigenvalue weighted by Crippen LogP contribution is -2.44. The Hall–Kier alpha value is -2.31. The molecule has 7 heteroatoms. The quantitative estimate of drug-likeness (QED) is 0.753. The largest absolute Gasteiger partial charge is 0.357 e. The molecule has 0 bridgehead atoms. The first-order valence-electron chi connectivity index (χ1n) is 6.64. The van der Waals surface area contributed by atoms with Gasteiger partial charge in [0.15, 0.2) is 0 Å². The maximum atomic E-state index is 11.8. The van der Waals surface area contributed by atoms with Crippen LogP contribution in [0.5, 0.6) is 0 Å². The van der Waals surface area contributed by atoms with Crippen molar-refractivity contribution in [2.24, 2.45) is 5.73 Å². The number of aromatic nitrogens is 1. The van der Waals surface area contributed by atoms with Gasteiger partial charge in [0.1, 0.15) is 11.9 Å². The van der Waals surface area contributed by atoms with E-state index in [4.69, 9.17) is 5.73 Å². The lowest BCUT2D eigenvalue weighted by atomic mass is 10.3. The highest BCUT2D eigenvalue weighted by Gasteiger charge is 2.15. The number of nitrogens with zero attached hydrogens (tertiary/aromatic N) is 2. The average molecular weight is 277 g/mol. The average Bonchev–Trinajstić information content (AvgIpc) is 2.92. The molecule has 0 spiro atoms. The Kier molecular flexibility index (Phi) is 4.39. The summed E-state index contributed by atoms with van der Waals surface area (Å²) in [5.74, 6) is 0.586. The van der Waals surface area contributed by atoms with Crippen molar-refractivity contribution in [1.29, 1.82) is 0 Å². The van der Waals surface area contributed by atoms with Gasteiger partial charge >= 0.3 is 6.03 Å². The third kappa shape index (κ3) is 3.59. The first-order valence-corrected chi connectivity index (χ1v) is 6.64. The van der Waals surface area contributed by atoms with Crippen LogP contribution in [0.15, 0.2) is 18.3 Å². The van der Waals surface area contributed by atoms with Crippen molar-refractivity contribution in [1.82, 2.24) is 10.3 Å². The van der Waals surface area contributed by atoms with Gasteiger partial charge in [-0.1, -0.05) is 0 Å². The van der Waals surface area contributed by atoms with Gasteiger partial charge in [0.25, 0.3) is 0 Å². The van der Waals surface area contributed by atoms with Crippen LogP contribution in [-0.4, -0.2) is 36.1 Å². The number of amides is 3. The molecular formula is C13H19N5O2. The second kappa shape index (κ2) is 6.23. The number of hydrogen-bond donors (Lipinski definition) is 3. The maximum absolute atomic E-state index is 11.8. The molecule has 2 heterocycles. The number of nitrogens with one attached hydrogen (secondary N) is 2. The number of carbonyl (C=O) groups is 2. The standard InChI is InChI=1S/C13H19N5O2/c1-9(16-13(14)20)12(19)17-10-4-5-11(15-8-10)18-6-2-3-7-18/h4-5,8-9H,2-3,6-7H2,1H3,(H,17,19)(H3,14,16,20)/t9-/m1/s1. The summed E-state index contributed by atoms with van der Waals surface area (Å²) in [5.41, 5.74) is 5.56. The van der Waals surface area contributed by atoms with Gasteiger partial charge in [-0.25, -0.2) is 9.78 Å². The molecule has 0 aromatic carbocycles. The molecule has 3 amide bonds. The summed E-state index contributed by atoms with van der Waals surface area (Å²) in [6, 6.07) is 2.27. The third-order valence-electron chi connectivity index (χ3n) is 3.20. The molecule has 1 aliphatic rings. The molecule has 1 aromatic heterocycles. The van der Waals surface area contributed by atoms with E-state index in [0.717, 1.165) is 18.9 Å². The predicted molar refractivity (Wildman–Crippen MR) is 76.5 cm³/mol. The van der Waals surface area contributed by atoms with Gasteiger partial charge in [0.05, 0.1) is 11.9 Å². The van der Waals surface area contributed by atoms with E-state index in [1.807, 2.05) is 6.07 Å². The number of carbonyl (C=O) groups excluding carboxylic acids is 2. The first-order chi connectivity index (χ1) is 9.56. The lowest BCUT2D eigenvalue weighted by molar-refractivity contribution is -0.117. The van der Waals surface area contributed by atoms with Gasteiger partial charge in [-0.15, -0.1) is 0 Å². The minimum atomic E-state index is -0.727. The fourth-order valence-electron chi connectivity index (χ4n) is 2.12. The molecule has 0 aliphatic carbocycles. The van der Waals surface area contributed by atoms with Crippen molar-refractivity contribution in [2.75, 3.05) is 23.3 Å². The SMILES string of the molecule is C[C@@H](NC(N)=O)C(=O)Nc1ccc(N2CCCC2)nc1. The Balaban J connectivity index is 1.93. The molecule has 0 unspecified atom stereocenters. The van der Waals surface area contributed by atoms with Crippen molar-refractivity contribution in [2.45, 2.75) is 25.8 Å². The predicted octanol–water partition coefficient (Wildman–Crippen LogP) is 0.677. The zero-order valence-corrected chi connectivity index (χ0v) is 11.4. The highest BCUT2D eigenvalue weighted by molar-refractivity contribution is 5.96. The number of pyridine rings is 1. The van der Waals surface area contributed by atoms with Crippen LogP contribution in [0.1, 0.15) is 19.8 Å². The van der Waals surface area contributed by atoms with Gasteiger partial charge < -0.3 is 21.3 Å². The van der Waals surface area contributed by atoms with Crippen molar-refractivity contribution in [3.63, 3.8) is 0 Å². The van der Waals surface area contributed by atoms with Crippen LogP contribution in [0.3, 0.4) is 0 Å². The van der Waals surface area contributed by atoms with Crippen LogP contribution in [0, 0.1) is 0 Å². The van der Waals surface area contributed by atoms with Gasteiger partial charge in [-0.2, -0.15) is 0 Å². The second-order valence-corrected chi connectivity index (χ2v) is 4.82. The Labute approximate surface area is 117 Å². The first kappa shape index (κ1) is 14.1. The number of nitrogens with two attached hydrogens (primary N) is 1. The van der Waals surface area contributed by atoms with Crippen LogP contribution in [0.4, 0.5) is 16.3 Å². The summed E-state index contributed by atoms with van der Waals surface area (Å²) in [4.78, 5) is 29.0. The molecule has 1 aliphatic heterocycles. The molecular weight excluding hydrogens is 258 g/mol. The minimum absolute atomic E-state index is 0.334. The summed E-state index contributed by atoms with van der Waals surface area (Å²) < 4.78 is 0. The molecule has 0 radical (unpaired) electrons. The van der Waals surface area contributed by atoms with E-state index in [1.54, 1.807) is 19.2 Å². The molecule has 1 aromatic rings. The van der Waals surface area contributed by atoms with Crippen LogP contribution >= 0.6 is 0 Å². The fraction of sp³-hybridized carbons (Fsp3) is 0.462. The van der Waals surface area contributed by atoms with Gasteiger partial charge in [-0.3, -0.25) is 4.79 Å². The van der Waals surface area contributed by atoms with Gasteiger partial charge in [0.2, 0.25) is 5.91 Å². The monoisotopic (exact) mass is 277 g/mol. The maximum Gasteiger partial charge on any atom is 0.312 e. The molecule has 4 N–H and O–H groups in total. The van der Waals surface area contributed by atoms with E-state index in [2.05, 4.69) is 20.5 Å². The highest BCUT2D eigenvalue weighted by atomic mass is 16.2. The van der Waals surface area contributed by atoms with Crippen molar-refractivity contribution in [3.8, 4) is 0 Å². The lowest BCUT2D eigenvalue weighted by Gasteiger charge is -2.17. The smallest absolute Gasteiger partial charge is 0.312 e. The van der Waals surface area contributed by atoms with Gasteiger partial charge in [-0.05, 0) is 31.9 Å². The van der Waals surface area contributed by atoms with Crippen molar-refractivity contribution >= 4 is 23.4 Å². The Morgan fingerprint density at radius 1 is 1.35 bits per heavy atom. The number of hydrogen-bond acceptors (Lipinski definition) is 4. The Bertz CT molecular complexity index is 482. The number of anilines is 2. The zero-order chi connectivity index (χ0) is 14.5. The minimum Gasteiger partial charge on any atom is -0.357 e. The molecule has 20 heavy (non-hydrogen) atoms. The molecule has 1 fully saturated rings. The highest BCUT2D eigenvalue weighted by Crippen LogP contribution is 2.19. The summed E-state index contributed by atoms with van der Waals surface area (Å²) >= 11 is 0. The number of rotatable bonds is 4. The Morgan fingerprint density at radius 3 is 2.60 bits per heavy atom. The molecule has 1 atom stereocenters. The van der Waals surface area contributed by atoms with Crippen LogP contribution in [0.25, 0.3) is 0 Å². The van der Waals surface area contributed by atoms with E-state index in [0.29, 0.717) is 5.69 Å². The van der Waals surface area contributed by atoms with Gasteiger partial charge in [0, 0.05) is 13.1 Å². The fourth-order valence-corrected chi connectivity index (χ4v) is 2.12. The molecule has 2 rings (SSSR count).